The average molecular weight is 321 g/mol. The lowest BCUT2D eigenvalue weighted by molar-refractivity contribution is -0.134. The minimum atomic E-state index is -0.333. The Morgan fingerprint density at radius 1 is 1.09 bits per heavy atom. The minimum absolute atomic E-state index is 0.144. The second-order valence-electron chi connectivity index (χ2n) is 7.77. The van der Waals surface area contributed by atoms with Crippen LogP contribution in [0, 0.1) is 11.8 Å². The van der Waals surface area contributed by atoms with Crippen LogP contribution in [0.5, 0.6) is 0 Å². The number of carbonyl (C=O) groups is 2. The third-order valence-electron chi connectivity index (χ3n) is 5.96. The van der Waals surface area contributed by atoms with Gasteiger partial charge in [0.2, 0.25) is 11.8 Å². The molecule has 3 fully saturated rings. The molecular formula is C18H31N3O2. The number of hydrogen-bond donors (Lipinski definition) is 1. The first-order valence-electron chi connectivity index (χ1n) is 9.37. The monoisotopic (exact) mass is 321 g/mol. The summed E-state index contributed by atoms with van der Waals surface area (Å²) in [5, 5.41) is 0. The molecule has 2 saturated carbocycles. The van der Waals surface area contributed by atoms with E-state index in [1.165, 1.54) is 0 Å². The molecule has 3 rings (SSSR count). The van der Waals surface area contributed by atoms with Crippen LogP contribution >= 0.6 is 0 Å². The highest BCUT2D eigenvalue weighted by atomic mass is 16.2. The molecule has 23 heavy (non-hydrogen) atoms. The van der Waals surface area contributed by atoms with Crippen LogP contribution in [0.15, 0.2) is 0 Å². The topological polar surface area (TPSA) is 66.6 Å². The van der Waals surface area contributed by atoms with Gasteiger partial charge in [-0.15, -0.1) is 0 Å². The Kier molecular flexibility index (Phi) is 5.24. The molecule has 1 heterocycles. The van der Waals surface area contributed by atoms with E-state index in [1.807, 2.05) is 16.8 Å². The van der Waals surface area contributed by atoms with Gasteiger partial charge in [0, 0.05) is 32.1 Å². The largest absolute Gasteiger partial charge is 0.343 e. The summed E-state index contributed by atoms with van der Waals surface area (Å²) in [6.07, 6.45) is 9.49. The first kappa shape index (κ1) is 16.7. The number of carbonyl (C=O) groups excluding carboxylic acids is 2. The summed E-state index contributed by atoms with van der Waals surface area (Å²) in [6.45, 7) is 1.76. The molecular weight excluding hydrogens is 290 g/mol. The van der Waals surface area contributed by atoms with Gasteiger partial charge in [-0.3, -0.25) is 9.59 Å². The van der Waals surface area contributed by atoms with Crippen molar-refractivity contribution >= 4 is 11.8 Å². The smallest absolute Gasteiger partial charge is 0.239 e. The van der Waals surface area contributed by atoms with Crippen molar-refractivity contribution in [3.63, 3.8) is 0 Å². The number of nitrogens with zero attached hydrogens (tertiary/aromatic N) is 2. The van der Waals surface area contributed by atoms with E-state index in [9.17, 15) is 9.59 Å². The molecule has 0 unspecified atom stereocenters. The van der Waals surface area contributed by atoms with Gasteiger partial charge in [0.15, 0.2) is 0 Å². The predicted octanol–water partition coefficient (Wildman–Crippen LogP) is 1.75. The minimum Gasteiger partial charge on any atom is -0.343 e. The molecule has 0 bridgehead atoms. The van der Waals surface area contributed by atoms with E-state index >= 15 is 0 Å². The Labute approximate surface area is 139 Å². The Bertz CT molecular complexity index is 436. The van der Waals surface area contributed by atoms with Gasteiger partial charge in [-0.2, -0.15) is 0 Å². The predicted molar refractivity (Wildman–Crippen MR) is 89.6 cm³/mol. The van der Waals surface area contributed by atoms with Crippen LogP contribution in [0.1, 0.15) is 57.8 Å². The van der Waals surface area contributed by atoms with E-state index in [0.29, 0.717) is 23.8 Å². The maximum atomic E-state index is 12.3. The number of amides is 2. The summed E-state index contributed by atoms with van der Waals surface area (Å²) < 4.78 is 0. The van der Waals surface area contributed by atoms with Crippen molar-refractivity contribution in [1.29, 1.82) is 0 Å². The van der Waals surface area contributed by atoms with Crippen LogP contribution in [0.4, 0.5) is 0 Å². The fourth-order valence-corrected chi connectivity index (χ4v) is 4.20. The molecule has 2 amide bonds. The Morgan fingerprint density at radius 3 is 2.26 bits per heavy atom. The van der Waals surface area contributed by atoms with Gasteiger partial charge in [0.1, 0.15) is 0 Å². The van der Waals surface area contributed by atoms with Gasteiger partial charge in [-0.1, -0.05) is 0 Å². The molecule has 0 aromatic carbocycles. The van der Waals surface area contributed by atoms with E-state index < -0.39 is 0 Å². The number of nitrogens with two attached hydrogens (primary N) is 1. The third kappa shape index (κ3) is 4.06. The third-order valence-corrected chi connectivity index (χ3v) is 5.96. The molecule has 2 N–H and O–H groups in total. The van der Waals surface area contributed by atoms with Crippen molar-refractivity contribution in [3.05, 3.63) is 0 Å². The second-order valence-corrected chi connectivity index (χ2v) is 7.77. The van der Waals surface area contributed by atoms with Gasteiger partial charge in [-0.05, 0) is 63.7 Å². The highest BCUT2D eigenvalue weighted by Gasteiger charge is 2.36. The van der Waals surface area contributed by atoms with Crippen LogP contribution in [0.3, 0.4) is 0 Å². The molecule has 5 heteroatoms. The van der Waals surface area contributed by atoms with Crippen LogP contribution in [-0.2, 0) is 9.59 Å². The van der Waals surface area contributed by atoms with Crippen molar-refractivity contribution < 1.29 is 9.59 Å². The zero-order valence-corrected chi connectivity index (χ0v) is 14.4. The van der Waals surface area contributed by atoms with E-state index in [-0.39, 0.29) is 11.9 Å². The van der Waals surface area contributed by atoms with Crippen molar-refractivity contribution in [2.75, 3.05) is 20.1 Å². The summed E-state index contributed by atoms with van der Waals surface area (Å²) in [4.78, 5) is 28.4. The molecule has 1 saturated heterocycles. The highest BCUT2D eigenvalue weighted by Crippen LogP contribution is 2.35. The van der Waals surface area contributed by atoms with Crippen LogP contribution < -0.4 is 5.73 Å². The molecule has 0 aromatic rings. The summed E-state index contributed by atoms with van der Waals surface area (Å²) in [6, 6.07) is 0.0605. The van der Waals surface area contributed by atoms with E-state index in [2.05, 4.69) is 0 Å². The lowest BCUT2D eigenvalue weighted by atomic mass is 9.81. The zero-order valence-electron chi connectivity index (χ0n) is 14.4. The summed E-state index contributed by atoms with van der Waals surface area (Å²) in [7, 11) is 1.97. The number of rotatable bonds is 5. The van der Waals surface area contributed by atoms with Crippen LogP contribution in [-0.4, -0.2) is 53.8 Å². The quantitative estimate of drug-likeness (QED) is 0.839. The van der Waals surface area contributed by atoms with E-state index in [0.717, 1.165) is 70.9 Å². The molecule has 130 valence electrons. The lowest BCUT2D eigenvalue weighted by Crippen LogP contribution is -2.44. The average Bonchev–Trinajstić information content (AvgIpc) is 3.28. The maximum absolute atomic E-state index is 12.3. The standard InChI is InChI=1S/C18H31N3O2/c1-20(17(22)14-6-7-14)15-8-4-13(5-9-15)12-16(19)18(23)21-10-2-3-11-21/h13-16H,2-12,19H2,1H3/t13?,15?,16-/m0/s1. The first-order valence-corrected chi connectivity index (χ1v) is 9.37. The molecule has 1 aliphatic heterocycles. The molecule has 3 aliphatic rings. The van der Waals surface area contributed by atoms with Crippen molar-refractivity contribution in [2.45, 2.75) is 69.9 Å². The van der Waals surface area contributed by atoms with Gasteiger partial charge in [-0.25, -0.2) is 0 Å². The summed E-state index contributed by atoms with van der Waals surface area (Å²) >= 11 is 0. The van der Waals surface area contributed by atoms with Gasteiger partial charge >= 0.3 is 0 Å². The SMILES string of the molecule is CN(C(=O)C1CC1)C1CCC(C[C@H](N)C(=O)N2CCCC2)CC1. The maximum Gasteiger partial charge on any atom is 0.239 e. The zero-order chi connectivity index (χ0) is 16.4. The van der Waals surface area contributed by atoms with Gasteiger partial charge < -0.3 is 15.5 Å². The van der Waals surface area contributed by atoms with Crippen LogP contribution in [0.2, 0.25) is 0 Å². The Balaban J connectivity index is 1.41. The molecule has 1 atom stereocenters. The Morgan fingerprint density at radius 2 is 1.70 bits per heavy atom. The summed E-state index contributed by atoms with van der Waals surface area (Å²) in [5.74, 6) is 1.33. The highest BCUT2D eigenvalue weighted by molar-refractivity contribution is 5.82. The first-order chi connectivity index (χ1) is 11.1. The van der Waals surface area contributed by atoms with Crippen molar-refractivity contribution in [1.82, 2.24) is 9.80 Å². The van der Waals surface area contributed by atoms with Gasteiger partial charge in [0.05, 0.1) is 6.04 Å². The van der Waals surface area contributed by atoms with E-state index in [4.69, 9.17) is 5.73 Å². The normalized spacial score (nSPS) is 29.4. The molecule has 5 nitrogen and oxygen atoms in total. The lowest BCUT2D eigenvalue weighted by Gasteiger charge is -2.35. The van der Waals surface area contributed by atoms with Crippen molar-refractivity contribution in [3.8, 4) is 0 Å². The number of likely N-dealkylation sites (tertiary alicyclic amines) is 1. The fourth-order valence-electron chi connectivity index (χ4n) is 4.20. The molecule has 0 spiro atoms. The molecule has 0 aromatic heterocycles. The second kappa shape index (κ2) is 7.20. The van der Waals surface area contributed by atoms with Crippen molar-refractivity contribution in [2.24, 2.45) is 17.6 Å². The van der Waals surface area contributed by atoms with Gasteiger partial charge in [0.25, 0.3) is 0 Å². The summed E-state index contributed by atoms with van der Waals surface area (Å²) in [5.41, 5.74) is 6.16. The molecule has 2 aliphatic carbocycles. The number of hydrogen-bond acceptors (Lipinski definition) is 3. The van der Waals surface area contributed by atoms with E-state index in [1.54, 1.807) is 0 Å². The van der Waals surface area contributed by atoms with Crippen LogP contribution in [0.25, 0.3) is 0 Å². The fraction of sp³-hybridized carbons (Fsp3) is 0.889. The molecule has 0 radical (unpaired) electrons. The Hall–Kier alpha value is -1.10.